The quantitative estimate of drug-likeness (QED) is 0.658. The van der Waals surface area contributed by atoms with E-state index in [2.05, 4.69) is 21.2 Å². The number of ether oxygens (including phenoxy) is 1. The van der Waals surface area contributed by atoms with Gasteiger partial charge in [0.1, 0.15) is 0 Å². The van der Waals surface area contributed by atoms with Crippen molar-refractivity contribution in [1.82, 2.24) is 0 Å². The molecule has 108 valence electrons. The second kappa shape index (κ2) is 7.85. The number of anilines is 1. The van der Waals surface area contributed by atoms with Crippen LogP contribution in [0.5, 0.6) is 0 Å². The largest absolute Gasteiger partial charge is 0.449 e. The van der Waals surface area contributed by atoms with Crippen molar-refractivity contribution in [2.24, 2.45) is 0 Å². The van der Waals surface area contributed by atoms with Crippen LogP contribution in [0.3, 0.4) is 0 Å². The summed E-state index contributed by atoms with van der Waals surface area (Å²) in [4.78, 5) is 23.3. The maximum Gasteiger partial charge on any atom is 0.331 e. The summed E-state index contributed by atoms with van der Waals surface area (Å²) in [5, 5.41) is 2.71. The number of hydrogen-bond acceptors (Lipinski definition) is 3. The number of carbonyl (C=O) groups excluding carboxylic acids is 2. The lowest BCUT2D eigenvalue weighted by atomic mass is 10.2. The summed E-state index contributed by atoms with van der Waals surface area (Å²) in [6.45, 7) is 5.41. The Balaban J connectivity index is 2.61. The Labute approximate surface area is 127 Å². The number of amides is 1. The van der Waals surface area contributed by atoms with Gasteiger partial charge in [-0.25, -0.2) is 4.79 Å². The van der Waals surface area contributed by atoms with Crippen molar-refractivity contribution in [3.63, 3.8) is 0 Å². The molecule has 0 saturated carbocycles. The van der Waals surface area contributed by atoms with E-state index in [4.69, 9.17) is 4.74 Å². The van der Waals surface area contributed by atoms with Crippen LogP contribution in [-0.2, 0) is 14.3 Å². The van der Waals surface area contributed by atoms with Gasteiger partial charge in [-0.2, -0.15) is 0 Å². The van der Waals surface area contributed by atoms with Crippen molar-refractivity contribution in [3.8, 4) is 0 Å². The van der Waals surface area contributed by atoms with Crippen molar-refractivity contribution in [1.29, 1.82) is 0 Å². The first-order chi connectivity index (χ1) is 9.43. The van der Waals surface area contributed by atoms with Crippen molar-refractivity contribution in [2.75, 3.05) is 5.32 Å². The Morgan fingerprint density at radius 3 is 2.75 bits per heavy atom. The Morgan fingerprint density at radius 1 is 1.45 bits per heavy atom. The van der Waals surface area contributed by atoms with Crippen LogP contribution in [0.15, 0.2) is 34.8 Å². The van der Waals surface area contributed by atoms with E-state index in [1.807, 2.05) is 26.0 Å². The van der Waals surface area contributed by atoms with Gasteiger partial charge < -0.3 is 10.1 Å². The highest BCUT2D eigenvalue weighted by Gasteiger charge is 2.17. The minimum Gasteiger partial charge on any atom is -0.449 e. The lowest BCUT2D eigenvalue weighted by Crippen LogP contribution is -2.29. The zero-order chi connectivity index (χ0) is 15.1. The number of rotatable bonds is 5. The second-order valence-electron chi connectivity index (χ2n) is 4.36. The normalized spacial score (nSPS) is 12.2. The van der Waals surface area contributed by atoms with Gasteiger partial charge in [0.15, 0.2) is 6.10 Å². The molecule has 0 radical (unpaired) electrons. The van der Waals surface area contributed by atoms with E-state index in [-0.39, 0.29) is 5.91 Å². The van der Waals surface area contributed by atoms with Gasteiger partial charge in [0, 0.05) is 10.5 Å². The molecular weight excluding hydrogens is 322 g/mol. The summed E-state index contributed by atoms with van der Waals surface area (Å²) in [5.74, 6) is -0.884. The number of carbonyl (C=O) groups is 2. The SMILES string of the molecule is CC/C=C/C(=O)O[C@H](C)C(=O)Nc1ccc(C)cc1Br. The molecule has 0 fully saturated rings. The van der Waals surface area contributed by atoms with Crippen molar-refractivity contribution in [3.05, 3.63) is 40.4 Å². The van der Waals surface area contributed by atoms with Gasteiger partial charge in [0.25, 0.3) is 5.91 Å². The van der Waals surface area contributed by atoms with Crippen LogP contribution in [0.2, 0.25) is 0 Å². The Bertz CT molecular complexity index is 526. The Hall–Kier alpha value is -1.62. The minimum absolute atomic E-state index is 0.368. The molecule has 0 aliphatic rings. The van der Waals surface area contributed by atoms with E-state index in [9.17, 15) is 9.59 Å². The van der Waals surface area contributed by atoms with Gasteiger partial charge in [0.2, 0.25) is 0 Å². The highest BCUT2D eigenvalue weighted by atomic mass is 79.9. The summed E-state index contributed by atoms with van der Waals surface area (Å²) in [6.07, 6.45) is 2.90. The maximum atomic E-state index is 11.9. The fourth-order valence-electron chi connectivity index (χ4n) is 1.44. The summed E-state index contributed by atoms with van der Waals surface area (Å²) in [5.41, 5.74) is 1.73. The number of halogens is 1. The van der Waals surface area contributed by atoms with Crippen molar-refractivity contribution in [2.45, 2.75) is 33.3 Å². The van der Waals surface area contributed by atoms with E-state index in [1.165, 1.54) is 13.0 Å². The number of hydrogen-bond donors (Lipinski definition) is 1. The molecule has 1 aromatic carbocycles. The molecule has 5 heteroatoms. The zero-order valence-electron chi connectivity index (χ0n) is 11.8. The summed E-state index contributed by atoms with van der Waals surface area (Å²) in [7, 11) is 0. The lowest BCUT2D eigenvalue weighted by Gasteiger charge is -2.13. The maximum absolute atomic E-state index is 11.9. The average molecular weight is 340 g/mol. The number of benzene rings is 1. The third kappa shape index (κ3) is 5.17. The number of esters is 1. The monoisotopic (exact) mass is 339 g/mol. The summed E-state index contributed by atoms with van der Waals surface area (Å²) >= 11 is 3.38. The second-order valence-corrected chi connectivity index (χ2v) is 5.22. The molecule has 0 unspecified atom stereocenters. The van der Waals surface area contributed by atoms with Crippen LogP contribution in [0.25, 0.3) is 0 Å². The van der Waals surface area contributed by atoms with Crippen molar-refractivity contribution < 1.29 is 14.3 Å². The third-order valence-electron chi connectivity index (χ3n) is 2.53. The van der Waals surface area contributed by atoms with E-state index >= 15 is 0 Å². The molecule has 0 bridgehead atoms. The zero-order valence-corrected chi connectivity index (χ0v) is 13.4. The van der Waals surface area contributed by atoms with Gasteiger partial charge in [-0.3, -0.25) is 4.79 Å². The molecule has 20 heavy (non-hydrogen) atoms. The molecular formula is C15H18BrNO3. The molecule has 1 atom stereocenters. The average Bonchev–Trinajstić information content (AvgIpc) is 2.39. The van der Waals surface area contributed by atoms with Crippen LogP contribution in [0, 0.1) is 6.92 Å². The van der Waals surface area contributed by atoms with E-state index < -0.39 is 12.1 Å². The van der Waals surface area contributed by atoms with Crippen LogP contribution in [0.4, 0.5) is 5.69 Å². The van der Waals surface area contributed by atoms with Gasteiger partial charge in [-0.15, -0.1) is 0 Å². The molecule has 0 spiro atoms. The fraction of sp³-hybridized carbons (Fsp3) is 0.333. The van der Waals surface area contributed by atoms with Crippen LogP contribution in [0.1, 0.15) is 25.8 Å². The van der Waals surface area contributed by atoms with Crippen molar-refractivity contribution >= 4 is 33.5 Å². The number of allylic oxidation sites excluding steroid dienone is 1. The highest BCUT2D eigenvalue weighted by molar-refractivity contribution is 9.10. The molecule has 1 amide bonds. The number of nitrogens with one attached hydrogen (secondary N) is 1. The smallest absolute Gasteiger partial charge is 0.331 e. The fourth-order valence-corrected chi connectivity index (χ4v) is 2.03. The van der Waals surface area contributed by atoms with E-state index in [0.717, 1.165) is 16.5 Å². The minimum atomic E-state index is -0.850. The first kappa shape index (κ1) is 16.4. The molecule has 0 aromatic heterocycles. The van der Waals surface area contributed by atoms with Crippen LogP contribution >= 0.6 is 15.9 Å². The highest BCUT2D eigenvalue weighted by Crippen LogP contribution is 2.23. The first-order valence-corrected chi connectivity index (χ1v) is 7.17. The molecule has 1 aromatic rings. The van der Waals surface area contributed by atoms with Crippen LogP contribution < -0.4 is 5.32 Å². The lowest BCUT2D eigenvalue weighted by molar-refractivity contribution is -0.148. The van der Waals surface area contributed by atoms with Crippen LogP contribution in [-0.4, -0.2) is 18.0 Å². The van der Waals surface area contributed by atoms with E-state index in [1.54, 1.807) is 12.1 Å². The Morgan fingerprint density at radius 2 is 2.15 bits per heavy atom. The molecule has 0 aliphatic carbocycles. The summed E-state index contributed by atoms with van der Waals surface area (Å²) < 4.78 is 5.78. The number of aryl methyl sites for hydroxylation is 1. The van der Waals surface area contributed by atoms with Gasteiger partial charge >= 0.3 is 5.97 Å². The third-order valence-corrected chi connectivity index (χ3v) is 3.19. The molecule has 0 heterocycles. The van der Waals surface area contributed by atoms with E-state index in [0.29, 0.717) is 5.69 Å². The molecule has 0 saturated heterocycles. The Kier molecular flexibility index (Phi) is 6.45. The molecule has 1 N–H and O–H groups in total. The predicted octanol–water partition coefficient (Wildman–Crippen LogP) is 3.59. The standard InChI is InChI=1S/C15H18BrNO3/c1-4-5-6-14(18)20-11(3)15(19)17-13-8-7-10(2)9-12(13)16/h5-9,11H,4H2,1-3H3,(H,17,19)/b6-5+/t11-/m1/s1. The van der Waals surface area contributed by atoms with Gasteiger partial charge in [-0.1, -0.05) is 19.1 Å². The molecule has 1 rings (SSSR count). The predicted molar refractivity (Wildman–Crippen MR) is 82.5 cm³/mol. The topological polar surface area (TPSA) is 55.4 Å². The molecule has 0 aliphatic heterocycles. The van der Waals surface area contributed by atoms with Gasteiger partial charge in [0.05, 0.1) is 5.69 Å². The first-order valence-electron chi connectivity index (χ1n) is 6.38. The molecule has 4 nitrogen and oxygen atoms in total. The summed E-state index contributed by atoms with van der Waals surface area (Å²) in [6, 6.07) is 5.58. The van der Waals surface area contributed by atoms with Gasteiger partial charge in [-0.05, 0) is 53.9 Å².